The number of nitrogens with zero attached hydrogens (tertiary/aromatic N) is 2. The number of carbonyl (C=O) groups is 3. The summed E-state index contributed by atoms with van der Waals surface area (Å²) >= 11 is 0. The SMILES string of the molecule is CCOC(=O)C1=NN(c2ccccc2)C(C(=O)NCCNC(=O)c2ccccc2)C1. The largest absolute Gasteiger partial charge is 0.461 e. The van der Waals surface area contributed by atoms with Gasteiger partial charge in [0, 0.05) is 25.1 Å². The van der Waals surface area contributed by atoms with Crippen molar-refractivity contribution < 1.29 is 19.1 Å². The molecular formula is C22H24N4O4. The summed E-state index contributed by atoms with van der Waals surface area (Å²) in [5, 5.41) is 11.4. The Balaban J connectivity index is 1.58. The lowest BCUT2D eigenvalue weighted by molar-refractivity contribution is -0.135. The minimum Gasteiger partial charge on any atom is -0.461 e. The minimum atomic E-state index is -0.670. The first-order valence-corrected chi connectivity index (χ1v) is 9.80. The van der Waals surface area contributed by atoms with E-state index in [1.807, 2.05) is 36.4 Å². The van der Waals surface area contributed by atoms with E-state index < -0.39 is 12.0 Å². The van der Waals surface area contributed by atoms with E-state index in [4.69, 9.17) is 4.74 Å². The van der Waals surface area contributed by atoms with Gasteiger partial charge < -0.3 is 15.4 Å². The normalized spacial score (nSPS) is 15.3. The van der Waals surface area contributed by atoms with Crippen molar-refractivity contribution in [3.05, 3.63) is 66.2 Å². The van der Waals surface area contributed by atoms with E-state index in [1.54, 1.807) is 31.2 Å². The Morgan fingerprint density at radius 3 is 2.30 bits per heavy atom. The molecule has 3 rings (SSSR count). The van der Waals surface area contributed by atoms with E-state index in [0.717, 1.165) is 0 Å². The molecule has 8 nitrogen and oxygen atoms in total. The van der Waals surface area contributed by atoms with Crippen LogP contribution in [0.2, 0.25) is 0 Å². The second kappa shape index (κ2) is 10.2. The molecule has 1 heterocycles. The molecule has 2 aromatic carbocycles. The molecule has 0 bridgehead atoms. The van der Waals surface area contributed by atoms with Gasteiger partial charge in [-0.05, 0) is 31.2 Å². The summed E-state index contributed by atoms with van der Waals surface area (Å²) in [7, 11) is 0. The molecule has 2 amide bonds. The highest BCUT2D eigenvalue weighted by atomic mass is 16.5. The number of nitrogens with one attached hydrogen (secondary N) is 2. The number of hydrazone groups is 1. The molecule has 0 aromatic heterocycles. The summed E-state index contributed by atoms with van der Waals surface area (Å²) in [5.41, 5.74) is 1.47. The van der Waals surface area contributed by atoms with Gasteiger partial charge in [0.1, 0.15) is 11.8 Å². The van der Waals surface area contributed by atoms with Crippen LogP contribution in [-0.2, 0) is 14.3 Å². The van der Waals surface area contributed by atoms with Gasteiger partial charge in [-0.25, -0.2) is 4.79 Å². The van der Waals surface area contributed by atoms with Crippen LogP contribution in [-0.4, -0.2) is 49.2 Å². The van der Waals surface area contributed by atoms with Gasteiger partial charge in [-0.15, -0.1) is 0 Å². The van der Waals surface area contributed by atoms with Crippen LogP contribution in [0, 0.1) is 0 Å². The minimum absolute atomic E-state index is 0.149. The third-order valence-corrected chi connectivity index (χ3v) is 4.49. The van der Waals surface area contributed by atoms with Crippen LogP contribution in [0.25, 0.3) is 0 Å². The van der Waals surface area contributed by atoms with Crippen LogP contribution in [0.1, 0.15) is 23.7 Å². The number of hydrogen-bond donors (Lipinski definition) is 2. The van der Waals surface area contributed by atoms with Crippen molar-refractivity contribution in [1.82, 2.24) is 10.6 Å². The van der Waals surface area contributed by atoms with Crippen LogP contribution in [0.4, 0.5) is 5.69 Å². The Kier molecular flexibility index (Phi) is 7.15. The van der Waals surface area contributed by atoms with E-state index in [-0.39, 0.29) is 43.6 Å². The van der Waals surface area contributed by atoms with Crippen molar-refractivity contribution >= 4 is 29.2 Å². The molecule has 2 N–H and O–H groups in total. The number of carbonyl (C=O) groups excluding carboxylic acids is 3. The predicted octanol–water partition coefficient (Wildman–Crippen LogP) is 1.73. The van der Waals surface area contributed by atoms with Gasteiger partial charge in [-0.3, -0.25) is 14.6 Å². The molecule has 8 heteroatoms. The van der Waals surface area contributed by atoms with E-state index in [2.05, 4.69) is 15.7 Å². The maximum absolute atomic E-state index is 12.8. The molecule has 1 aliphatic rings. The number of hydrogen-bond acceptors (Lipinski definition) is 6. The Morgan fingerprint density at radius 1 is 1.00 bits per heavy atom. The summed E-state index contributed by atoms with van der Waals surface area (Å²) in [5.74, 6) is -1.01. The van der Waals surface area contributed by atoms with Gasteiger partial charge in [-0.2, -0.15) is 5.10 Å². The summed E-state index contributed by atoms with van der Waals surface area (Å²) in [6, 6.07) is 17.3. The second-order valence-electron chi connectivity index (χ2n) is 6.58. The number of amides is 2. The van der Waals surface area contributed by atoms with E-state index in [9.17, 15) is 14.4 Å². The number of anilines is 1. The third kappa shape index (κ3) is 5.22. The lowest BCUT2D eigenvalue weighted by Crippen LogP contribution is -2.45. The Morgan fingerprint density at radius 2 is 1.63 bits per heavy atom. The van der Waals surface area contributed by atoms with Crippen molar-refractivity contribution in [2.75, 3.05) is 24.7 Å². The topological polar surface area (TPSA) is 100 Å². The van der Waals surface area contributed by atoms with Crippen molar-refractivity contribution in [2.24, 2.45) is 5.10 Å². The number of para-hydroxylation sites is 1. The fourth-order valence-corrected chi connectivity index (χ4v) is 3.04. The first kappa shape index (κ1) is 21.0. The van der Waals surface area contributed by atoms with E-state index >= 15 is 0 Å². The predicted molar refractivity (Wildman–Crippen MR) is 113 cm³/mol. The number of rotatable bonds is 8. The molecule has 30 heavy (non-hydrogen) atoms. The molecule has 1 atom stereocenters. The lowest BCUT2D eigenvalue weighted by Gasteiger charge is -2.22. The van der Waals surface area contributed by atoms with Crippen molar-refractivity contribution in [3.8, 4) is 0 Å². The van der Waals surface area contributed by atoms with Gasteiger partial charge in [0.2, 0.25) is 5.91 Å². The van der Waals surface area contributed by atoms with Crippen LogP contribution in [0.3, 0.4) is 0 Å². The molecule has 1 aliphatic heterocycles. The average molecular weight is 408 g/mol. The molecule has 0 spiro atoms. The van der Waals surface area contributed by atoms with Crippen LogP contribution < -0.4 is 15.6 Å². The zero-order valence-electron chi connectivity index (χ0n) is 16.7. The number of ether oxygens (including phenoxy) is 1. The molecule has 0 fully saturated rings. The van der Waals surface area contributed by atoms with Crippen molar-refractivity contribution in [2.45, 2.75) is 19.4 Å². The van der Waals surface area contributed by atoms with Crippen molar-refractivity contribution in [3.63, 3.8) is 0 Å². The summed E-state index contributed by atoms with van der Waals surface area (Å²) in [6.45, 7) is 2.49. The molecule has 0 saturated carbocycles. The number of esters is 1. The van der Waals surface area contributed by atoms with Gasteiger partial charge >= 0.3 is 5.97 Å². The fourth-order valence-electron chi connectivity index (χ4n) is 3.04. The molecule has 2 aromatic rings. The van der Waals surface area contributed by atoms with Gasteiger partial charge in [0.05, 0.1) is 12.3 Å². The first-order valence-electron chi connectivity index (χ1n) is 9.80. The summed E-state index contributed by atoms with van der Waals surface area (Å²) in [6.07, 6.45) is 0.149. The molecular weight excluding hydrogens is 384 g/mol. The highest BCUT2D eigenvalue weighted by molar-refractivity contribution is 6.38. The smallest absolute Gasteiger partial charge is 0.354 e. The maximum atomic E-state index is 12.8. The van der Waals surface area contributed by atoms with Crippen LogP contribution in [0.15, 0.2) is 65.8 Å². The Hall–Kier alpha value is -3.68. The van der Waals surface area contributed by atoms with Crippen LogP contribution in [0.5, 0.6) is 0 Å². The van der Waals surface area contributed by atoms with Crippen molar-refractivity contribution in [1.29, 1.82) is 0 Å². The van der Waals surface area contributed by atoms with Gasteiger partial charge in [0.15, 0.2) is 0 Å². The Bertz CT molecular complexity index is 915. The highest BCUT2D eigenvalue weighted by Gasteiger charge is 2.36. The zero-order valence-corrected chi connectivity index (χ0v) is 16.7. The van der Waals surface area contributed by atoms with Crippen LogP contribution >= 0.6 is 0 Å². The highest BCUT2D eigenvalue weighted by Crippen LogP contribution is 2.25. The lowest BCUT2D eigenvalue weighted by atomic mass is 10.1. The summed E-state index contributed by atoms with van der Waals surface area (Å²) < 4.78 is 5.03. The second-order valence-corrected chi connectivity index (χ2v) is 6.58. The maximum Gasteiger partial charge on any atom is 0.354 e. The third-order valence-electron chi connectivity index (χ3n) is 4.49. The van der Waals surface area contributed by atoms with E-state index in [1.165, 1.54) is 5.01 Å². The fraction of sp³-hybridized carbons (Fsp3) is 0.273. The van der Waals surface area contributed by atoms with E-state index in [0.29, 0.717) is 11.3 Å². The molecule has 1 unspecified atom stereocenters. The monoisotopic (exact) mass is 408 g/mol. The quantitative estimate of drug-likeness (QED) is 0.512. The molecule has 0 radical (unpaired) electrons. The average Bonchev–Trinajstić information content (AvgIpc) is 3.24. The standard InChI is InChI=1S/C22H24N4O4/c1-2-30-22(29)18-15-19(26(25-18)17-11-7-4-8-12-17)21(28)24-14-13-23-20(27)16-9-5-3-6-10-16/h3-12,19H,2,13-15H2,1H3,(H,23,27)(H,24,28). The van der Waals surface area contributed by atoms with Gasteiger partial charge in [-0.1, -0.05) is 36.4 Å². The molecule has 0 saturated heterocycles. The summed E-state index contributed by atoms with van der Waals surface area (Å²) in [4.78, 5) is 36.9. The Labute approximate surface area is 174 Å². The molecule has 156 valence electrons. The molecule has 0 aliphatic carbocycles. The first-order chi connectivity index (χ1) is 14.6. The van der Waals surface area contributed by atoms with Gasteiger partial charge in [0.25, 0.3) is 5.91 Å². The number of benzene rings is 2. The zero-order chi connectivity index (χ0) is 21.3.